The zero-order valence-electron chi connectivity index (χ0n) is 11.7. The molecule has 1 fully saturated rings. The zero-order valence-corrected chi connectivity index (χ0v) is 11.7. The highest BCUT2D eigenvalue weighted by atomic mass is 16.5. The van der Waals surface area contributed by atoms with E-state index in [4.69, 9.17) is 9.15 Å². The van der Waals surface area contributed by atoms with Gasteiger partial charge in [0, 0.05) is 6.54 Å². The molecule has 2 aliphatic rings. The standard InChI is InChI=1S/C16H21NO3/c18-16(15-8-3-5-11-20-15)17-10-4-1-2-7-13(17)14-9-6-12-19-14/h6,8-9,12-13H,1-5,7,10-11H2. The van der Waals surface area contributed by atoms with Crippen LogP contribution in [0.2, 0.25) is 0 Å². The van der Waals surface area contributed by atoms with Crippen molar-refractivity contribution in [2.75, 3.05) is 13.2 Å². The summed E-state index contributed by atoms with van der Waals surface area (Å²) in [6.07, 6.45) is 9.85. The van der Waals surface area contributed by atoms with E-state index in [0.29, 0.717) is 12.4 Å². The molecule has 1 unspecified atom stereocenters. The van der Waals surface area contributed by atoms with Crippen LogP contribution in [0.15, 0.2) is 34.6 Å². The molecule has 1 saturated heterocycles. The Bertz CT molecular complexity index is 478. The van der Waals surface area contributed by atoms with Crippen LogP contribution in [-0.2, 0) is 9.53 Å². The number of carbonyl (C=O) groups is 1. The van der Waals surface area contributed by atoms with Gasteiger partial charge in [-0.05, 0) is 43.9 Å². The number of furan rings is 1. The summed E-state index contributed by atoms with van der Waals surface area (Å²) in [7, 11) is 0. The minimum Gasteiger partial charge on any atom is -0.488 e. The average molecular weight is 275 g/mol. The minimum atomic E-state index is 0.0213. The fourth-order valence-corrected chi connectivity index (χ4v) is 2.98. The summed E-state index contributed by atoms with van der Waals surface area (Å²) < 4.78 is 11.1. The fraction of sp³-hybridized carbons (Fsp3) is 0.562. The molecule has 4 nitrogen and oxygen atoms in total. The van der Waals surface area contributed by atoms with Gasteiger partial charge in [-0.3, -0.25) is 4.79 Å². The third kappa shape index (κ3) is 2.74. The maximum Gasteiger partial charge on any atom is 0.289 e. The lowest BCUT2D eigenvalue weighted by Gasteiger charge is -2.30. The number of nitrogens with zero attached hydrogens (tertiary/aromatic N) is 1. The highest BCUT2D eigenvalue weighted by molar-refractivity contribution is 5.91. The van der Waals surface area contributed by atoms with Gasteiger partial charge < -0.3 is 14.1 Å². The van der Waals surface area contributed by atoms with E-state index >= 15 is 0 Å². The summed E-state index contributed by atoms with van der Waals surface area (Å²) in [5, 5.41) is 0. The summed E-state index contributed by atoms with van der Waals surface area (Å²) in [5.74, 6) is 1.43. The SMILES string of the molecule is O=C(C1=CCCCO1)N1CCCCCC1c1ccco1. The fourth-order valence-electron chi connectivity index (χ4n) is 2.98. The number of hydrogen-bond acceptors (Lipinski definition) is 3. The van der Waals surface area contributed by atoms with Crippen molar-refractivity contribution in [2.24, 2.45) is 0 Å². The second-order valence-corrected chi connectivity index (χ2v) is 5.44. The smallest absolute Gasteiger partial charge is 0.289 e. The van der Waals surface area contributed by atoms with Crippen molar-refractivity contribution < 1.29 is 13.9 Å². The van der Waals surface area contributed by atoms with Crippen LogP contribution in [0.25, 0.3) is 0 Å². The highest BCUT2D eigenvalue weighted by Gasteiger charge is 2.31. The van der Waals surface area contributed by atoms with Crippen LogP contribution in [0.5, 0.6) is 0 Å². The molecule has 3 rings (SSSR count). The van der Waals surface area contributed by atoms with E-state index in [1.54, 1.807) is 6.26 Å². The number of rotatable bonds is 2. The molecule has 1 amide bonds. The molecule has 0 spiro atoms. The van der Waals surface area contributed by atoms with Gasteiger partial charge in [0.2, 0.25) is 0 Å². The van der Waals surface area contributed by atoms with Gasteiger partial charge in [0.1, 0.15) is 5.76 Å². The predicted octanol–water partition coefficient (Wildman–Crippen LogP) is 3.42. The molecule has 0 aliphatic carbocycles. The van der Waals surface area contributed by atoms with Crippen LogP contribution in [0.4, 0.5) is 0 Å². The Morgan fingerprint density at radius 3 is 2.95 bits per heavy atom. The Balaban J connectivity index is 1.83. The second kappa shape index (κ2) is 6.16. The van der Waals surface area contributed by atoms with Gasteiger partial charge in [0.05, 0.1) is 18.9 Å². The Kier molecular flexibility index (Phi) is 4.09. The molecule has 108 valence electrons. The van der Waals surface area contributed by atoms with Crippen molar-refractivity contribution in [3.05, 3.63) is 36.0 Å². The summed E-state index contributed by atoms with van der Waals surface area (Å²) in [6.45, 7) is 1.43. The lowest BCUT2D eigenvalue weighted by molar-refractivity contribution is -0.134. The van der Waals surface area contributed by atoms with Gasteiger partial charge in [-0.1, -0.05) is 12.8 Å². The second-order valence-electron chi connectivity index (χ2n) is 5.44. The first-order chi connectivity index (χ1) is 9.86. The molecular weight excluding hydrogens is 254 g/mol. The Labute approximate surface area is 119 Å². The van der Waals surface area contributed by atoms with Crippen LogP contribution in [0, 0.1) is 0 Å². The van der Waals surface area contributed by atoms with E-state index < -0.39 is 0 Å². The van der Waals surface area contributed by atoms with Crippen molar-refractivity contribution in [1.29, 1.82) is 0 Å². The van der Waals surface area contributed by atoms with Gasteiger partial charge >= 0.3 is 0 Å². The predicted molar refractivity (Wildman–Crippen MR) is 74.9 cm³/mol. The van der Waals surface area contributed by atoms with Crippen LogP contribution in [0.3, 0.4) is 0 Å². The van der Waals surface area contributed by atoms with Gasteiger partial charge in [0.15, 0.2) is 5.76 Å². The van der Waals surface area contributed by atoms with Gasteiger partial charge in [-0.25, -0.2) is 0 Å². The average Bonchev–Trinajstić information content (AvgIpc) is 2.92. The normalized spacial score (nSPS) is 23.7. The summed E-state index contributed by atoms with van der Waals surface area (Å²) in [4.78, 5) is 14.6. The van der Waals surface area contributed by atoms with Crippen LogP contribution in [-0.4, -0.2) is 24.0 Å². The number of carbonyl (C=O) groups excluding carboxylic acids is 1. The number of likely N-dealkylation sites (tertiary alicyclic amines) is 1. The van der Waals surface area contributed by atoms with Gasteiger partial charge in [-0.15, -0.1) is 0 Å². The van der Waals surface area contributed by atoms with Crippen LogP contribution >= 0.6 is 0 Å². The maximum absolute atomic E-state index is 12.7. The number of ether oxygens (including phenoxy) is 1. The molecule has 0 radical (unpaired) electrons. The summed E-state index contributed by atoms with van der Waals surface area (Å²) >= 11 is 0. The molecule has 0 aromatic carbocycles. The third-order valence-corrected chi connectivity index (χ3v) is 4.03. The Morgan fingerprint density at radius 1 is 1.25 bits per heavy atom. The minimum absolute atomic E-state index is 0.0213. The maximum atomic E-state index is 12.7. The molecule has 0 saturated carbocycles. The Morgan fingerprint density at radius 2 is 2.20 bits per heavy atom. The summed E-state index contributed by atoms with van der Waals surface area (Å²) in [5.41, 5.74) is 0. The first kappa shape index (κ1) is 13.3. The van der Waals surface area contributed by atoms with E-state index in [-0.39, 0.29) is 11.9 Å². The van der Waals surface area contributed by atoms with E-state index in [1.807, 2.05) is 23.1 Å². The molecule has 1 aromatic rings. The summed E-state index contributed by atoms with van der Waals surface area (Å²) in [6, 6.07) is 3.90. The lowest BCUT2D eigenvalue weighted by Crippen LogP contribution is -2.36. The number of hydrogen-bond donors (Lipinski definition) is 0. The first-order valence-corrected chi connectivity index (χ1v) is 7.53. The Hall–Kier alpha value is -1.71. The van der Waals surface area contributed by atoms with E-state index in [1.165, 1.54) is 6.42 Å². The van der Waals surface area contributed by atoms with Crippen molar-refractivity contribution >= 4 is 5.91 Å². The third-order valence-electron chi connectivity index (χ3n) is 4.03. The quantitative estimate of drug-likeness (QED) is 0.830. The van der Waals surface area contributed by atoms with Gasteiger partial charge in [-0.2, -0.15) is 0 Å². The molecule has 3 heterocycles. The lowest BCUT2D eigenvalue weighted by atomic mass is 10.1. The molecule has 1 aromatic heterocycles. The van der Waals surface area contributed by atoms with Crippen LogP contribution in [0.1, 0.15) is 50.3 Å². The van der Waals surface area contributed by atoms with Crippen molar-refractivity contribution in [1.82, 2.24) is 4.90 Å². The molecular formula is C16H21NO3. The first-order valence-electron chi connectivity index (χ1n) is 7.53. The molecule has 0 bridgehead atoms. The van der Waals surface area contributed by atoms with Crippen molar-refractivity contribution in [2.45, 2.75) is 44.6 Å². The molecule has 0 N–H and O–H groups in total. The van der Waals surface area contributed by atoms with E-state index in [9.17, 15) is 4.79 Å². The van der Waals surface area contributed by atoms with Crippen LogP contribution < -0.4 is 0 Å². The monoisotopic (exact) mass is 275 g/mol. The van der Waals surface area contributed by atoms with E-state index in [0.717, 1.165) is 44.4 Å². The largest absolute Gasteiger partial charge is 0.488 e. The molecule has 1 atom stereocenters. The number of amides is 1. The van der Waals surface area contributed by atoms with E-state index in [2.05, 4.69) is 0 Å². The molecule has 20 heavy (non-hydrogen) atoms. The van der Waals surface area contributed by atoms with Gasteiger partial charge in [0.25, 0.3) is 5.91 Å². The van der Waals surface area contributed by atoms with Crippen molar-refractivity contribution in [3.8, 4) is 0 Å². The van der Waals surface area contributed by atoms with Crippen molar-refractivity contribution in [3.63, 3.8) is 0 Å². The topological polar surface area (TPSA) is 42.7 Å². The molecule has 2 aliphatic heterocycles. The highest BCUT2D eigenvalue weighted by Crippen LogP contribution is 2.32. The number of allylic oxidation sites excluding steroid dienone is 1. The molecule has 4 heteroatoms. The zero-order chi connectivity index (χ0) is 13.8.